The number of benzene rings is 1. The van der Waals surface area contributed by atoms with Crippen LogP contribution in [0.5, 0.6) is 0 Å². The molecule has 3 heteroatoms. The first-order chi connectivity index (χ1) is 8.22. The largest absolute Gasteiger partial charge is 0.384 e. The molecular formula is C14H20N2O. The van der Waals surface area contributed by atoms with E-state index in [4.69, 9.17) is 0 Å². The Morgan fingerprint density at radius 2 is 2.29 bits per heavy atom. The molecule has 0 fully saturated rings. The molecule has 0 aliphatic carbocycles. The maximum Gasteiger partial charge on any atom is 0.226 e. The molecule has 0 saturated heterocycles. The van der Waals surface area contributed by atoms with Crippen molar-refractivity contribution in [2.24, 2.45) is 0 Å². The Bertz CT molecular complexity index is 415. The SMILES string of the molecule is CCCCC(=O)N(C)c1ccc2c(c1)NCC2. The number of unbranched alkanes of at least 4 members (excludes halogenated alkanes) is 1. The van der Waals surface area contributed by atoms with Gasteiger partial charge in [-0.25, -0.2) is 0 Å². The number of nitrogens with one attached hydrogen (secondary N) is 1. The van der Waals surface area contributed by atoms with Crippen molar-refractivity contribution in [2.75, 3.05) is 23.8 Å². The highest BCUT2D eigenvalue weighted by Gasteiger charge is 2.14. The molecule has 0 aromatic heterocycles. The molecule has 1 amide bonds. The van der Waals surface area contributed by atoms with Crippen LogP contribution in [-0.4, -0.2) is 19.5 Å². The van der Waals surface area contributed by atoms with E-state index in [2.05, 4.69) is 24.4 Å². The molecule has 3 nitrogen and oxygen atoms in total. The Balaban J connectivity index is 2.09. The number of anilines is 2. The monoisotopic (exact) mass is 232 g/mol. The molecule has 1 aliphatic heterocycles. The van der Waals surface area contributed by atoms with Gasteiger partial charge in [0.15, 0.2) is 0 Å². The van der Waals surface area contributed by atoms with E-state index in [-0.39, 0.29) is 5.91 Å². The number of hydrogen-bond donors (Lipinski definition) is 1. The predicted molar refractivity (Wildman–Crippen MR) is 71.6 cm³/mol. The minimum atomic E-state index is 0.199. The van der Waals surface area contributed by atoms with Gasteiger partial charge in [-0.2, -0.15) is 0 Å². The number of amides is 1. The molecule has 1 heterocycles. The second-order valence-corrected chi connectivity index (χ2v) is 4.57. The second-order valence-electron chi connectivity index (χ2n) is 4.57. The van der Waals surface area contributed by atoms with Gasteiger partial charge in [-0.05, 0) is 30.5 Å². The Morgan fingerprint density at radius 3 is 3.06 bits per heavy atom. The van der Waals surface area contributed by atoms with Gasteiger partial charge >= 0.3 is 0 Å². The van der Waals surface area contributed by atoms with Gasteiger partial charge < -0.3 is 10.2 Å². The Morgan fingerprint density at radius 1 is 1.47 bits per heavy atom. The number of rotatable bonds is 4. The zero-order valence-electron chi connectivity index (χ0n) is 10.6. The first-order valence-corrected chi connectivity index (χ1v) is 6.35. The van der Waals surface area contributed by atoms with E-state index in [0.717, 1.165) is 31.5 Å². The number of carbonyl (C=O) groups excluding carboxylic acids is 1. The average Bonchev–Trinajstić information content (AvgIpc) is 2.81. The van der Waals surface area contributed by atoms with Gasteiger partial charge in [0.1, 0.15) is 0 Å². The highest BCUT2D eigenvalue weighted by molar-refractivity contribution is 5.93. The molecule has 0 atom stereocenters. The molecule has 0 saturated carbocycles. The molecule has 2 rings (SSSR count). The predicted octanol–water partition coefficient (Wildman–Crippen LogP) is 2.81. The van der Waals surface area contributed by atoms with Crippen LogP contribution < -0.4 is 10.2 Å². The van der Waals surface area contributed by atoms with Crippen molar-refractivity contribution in [2.45, 2.75) is 32.6 Å². The lowest BCUT2D eigenvalue weighted by Crippen LogP contribution is -2.25. The number of carbonyl (C=O) groups is 1. The summed E-state index contributed by atoms with van der Waals surface area (Å²) in [6.07, 6.45) is 3.75. The van der Waals surface area contributed by atoms with Crippen LogP contribution >= 0.6 is 0 Å². The van der Waals surface area contributed by atoms with Crippen LogP contribution in [0.3, 0.4) is 0 Å². The van der Waals surface area contributed by atoms with E-state index < -0.39 is 0 Å². The summed E-state index contributed by atoms with van der Waals surface area (Å²) in [5, 5.41) is 3.34. The first-order valence-electron chi connectivity index (χ1n) is 6.35. The summed E-state index contributed by atoms with van der Waals surface area (Å²) in [6.45, 7) is 3.11. The molecule has 1 aromatic carbocycles. The summed E-state index contributed by atoms with van der Waals surface area (Å²) < 4.78 is 0. The maximum absolute atomic E-state index is 11.9. The smallest absolute Gasteiger partial charge is 0.226 e. The summed E-state index contributed by atoms with van der Waals surface area (Å²) in [7, 11) is 1.86. The summed E-state index contributed by atoms with van der Waals surface area (Å²) in [6, 6.07) is 6.23. The molecule has 0 bridgehead atoms. The molecule has 92 valence electrons. The normalized spacial score (nSPS) is 13.1. The minimum absolute atomic E-state index is 0.199. The molecule has 1 aromatic rings. The van der Waals surface area contributed by atoms with Gasteiger partial charge in [0, 0.05) is 31.4 Å². The first kappa shape index (κ1) is 12.0. The van der Waals surface area contributed by atoms with Crippen LogP contribution in [0.2, 0.25) is 0 Å². The van der Waals surface area contributed by atoms with Crippen molar-refractivity contribution in [3.05, 3.63) is 23.8 Å². The quantitative estimate of drug-likeness (QED) is 0.865. The van der Waals surface area contributed by atoms with Crippen molar-refractivity contribution >= 4 is 17.3 Å². The lowest BCUT2D eigenvalue weighted by Gasteiger charge is -2.18. The second kappa shape index (κ2) is 5.21. The lowest BCUT2D eigenvalue weighted by atomic mass is 10.1. The maximum atomic E-state index is 11.9. The summed E-state index contributed by atoms with van der Waals surface area (Å²) >= 11 is 0. The zero-order valence-corrected chi connectivity index (χ0v) is 10.6. The van der Waals surface area contributed by atoms with Crippen LogP contribution in [0, 0.1) is 0 Å². The van der Waals surface area contributed by atoms with Crippen molar-refractivity contribution in [1.29, 1.82) is 0 Å². The fourth-order valence-electron chi connectivity index (χ4n) is 2.13. The average molecular weight is 232 g/mol. The van der Waals surface area contributed by atoms with Crippen LogP contribution in [0.4, 0.5) is 11.4 Å². The molecule has 0 unspecified atom stereocenters. The van der Waals surface area contributed by atoms with E-state index in [9.17, 15) is 4.79 Å². The number of nitrogens with zero attached hydrogens (tertiary/aromatic N) is 1. The third kappa shape index (κ3) is 2.60. The van der Waals surface area contributed by atoms with Crippen LogP contribution in [0.1, 0.15) is 31.7 Å². The molecule has 17 heavy (non-hydrogen) atoms. The van der Waals surface area contributed by atoms with E-state index >= 15 is 0 Å². The van der Waals surface area contributed by atoms with Crippen molar-refractivity contribution in [1.82, 2.24) is 0 Å². The molecule has 1 aliphatic rings. The van der Waals surface area contributed by atoms with Gasteiger partial charge in [0.05, 0.1) is 0 Å². The number of hydrogen-bond acceptors (Lipinski definition) is 2. The van der Waals surface area contributed by atoms with Gasteiger partial charge in [0.2, 0.25) is 5.91 Å². The minimum Gasteiger partial charge on any atom is -0.384 e. The highest BCUT2D eigenvalue weighted by atomic mass is 16.2. The van der Waals surface area contributed by atoms with E-state index in [1.54, 1.807) is 4.90 Å². The van der Waals surface area contributed by atoms with Crippen LogP contribution in [0.15, 0.2) is 18.2 Å². The third-order valence-corrected chi connectivity index (χ3v) is 3.31. The summed E-state index contributed by atoms with van der Waals surface area (Å²) in [4.78, 5) is 13.7. The Hall–Kier alpha value is -1.51. The fraction of sp³-hybridized carbons (Fsp3) is 0.500. The Labute approximate surface area is 103 Å². The summed E-state index contributed by atoms with van der Waals surface area (Å²) in [5.74, 6) is 0.199. The van der Waals surface area contributed by atoms with Crippen molar-refractivity contribution in [3.8, 4) is 0 Å². The third-order valence-electron chi connectivity index (χ3n) is 3.31. The van der Waals surface area contributed by atoms with Crippen LogP contribution in [0.25, 0.3) is 0 Å². The van der Waals surface area contributed by atoms with E-state index in [1.165, 1.54) is 11.3 Å². The van der Waals surface area contributed by atoms with Crippen LogP contribution in [-0.2, 0) is 11.2 Å². The standard InChI is InChI=1S/C14H20N2O/c1-3-4-5-14(17)16(2)12-7-6-11-8-9-15-13(11)10-12/h6-7,10,15H,3-5,8-9H2,1-2H3. The molecule has 0 spiro atoms. The van der Waals surface area contributed by atoms with Crippen molar-refractivity contribution in [3.63, 3.8) is 0 Å². The van der Waals surface area contributed by atoms with Gasteiger partial charge in [-0.3, -0.25) is 4.79 Å². The zero-order chi connectivity index (χ0) is 12.3. The van der Waals surface area contributed by atoms with Gasteiger partial charge in [-0.15, -0.1) is 0 Å². The molecule has 1 N–H and O–H groups in total. The topological polar surface area (TPSA) is 32.3 Å². The fourth-order valence-corrected chi connectivity index (χ4v) is 2.13. The number of fused-ring (bicyclic) bond motifs is 1. The van der Waals surface area contributed by atoms with E-state index in [0.29, 0.717) is 6.42 Å². The molecular weight excluding hydrogens is 212 g/mol. The van der Waals surface area contributed by atoms with Crippen molar-refractivity contribution < 1.29 is 4.79 Å². The lowest BCUT2D eigenvalue weighted by molar-refractivity contribution is -0.118. The Kier molecular flexibility index (Phi) is 3.67. The summed E-state index contributed by atoms with van der Waals surface area (Å²) in [5.41, 5.74) is 3.51. The van der Waals surface area contributed by atoms with Gasteiger partial charge in [-0.1, -0.05) is 19.4 Å². The van der Waals surface area contributed by atoms with E-state index in [1.807, 2.05) is 13.1 Å². The van der Waals surface area contributed by atoms with Gasteiger partial charge in [0.25, 0.3) is 0 Å². The highest BCUT2D eigenvalue weighted by Crippen LogP contribution is 2.27. The molecule has 0 radical (unpaired) electrons.